The summed E-state index contributed by atoms with van der Waals surface area (Å²) in [5.41, 5.74) is 2.94. The van der Waals surface area contributed by atoms with Gasteiger partial charge in [0.25, 0.3) is 10.0 Å². The van der Waals surface area contributed by atoms with Gasteiger partial charge in [-0.15, -0.1) is 0 Å². The third kappa shape index (κ3) is 7.43. The summed E-state index contributed by atoms with van der Waals surface area (Å²) in [6, 6.07) is 19.7. The van der Waals surface area contributed by atoms with Crippen molar-refractivity contribution in [2.75, 3.05) is 10.8 Å². The minimum Gasteiger partial charge on any atom is -0.352 e. The van der Waals surface area contributed by atoms with Crippen LogP contribution < -0.4 is 9.62 Å². The van der Waals surface area contributed by atoms with Crippen LogP contribution in [0.4, 0.5) is 5.69 Å². The molecule has 3 rings (SSSR count). The second-order valence-corrected chi connectivity index (χ2v) is 12.2. The molecule has 0 saturated heterocycles. The molecule has 3 aromatic carbocycles. The molecule has 2 atom stereocenters. The van der Waals surface area contributed by atoms with Crippen molar-refractivity contribution in [1.82, 2.24) is 10.2 Å². The lowest BCUT2D eigenvalue weighted by molar-refractivity contribution is -0.140. The third-order valence-electron chi connectivity index (χ3n) is 7.05. The van der Waals surface area contributed by atoms with Gasteiger partial charge in [0, 0.05) is 17.6 Å². The van der Waals surface area contributed by atoms with E-state index in [2.05, 4.69) is 5.32 Å². The molecular weight excluding hydrogens is 546 g/mol. The van der Waals surface area contributed by atoms with Gasteiger partial charge in [0.15, 0.2) is 0 Å². The number of sulfonamides is 1. The molecule has 2 unspecified atom stereocenters. The molecule has 9 heteroatoms. The number of nitrogens with one attached hydrogen (secondary N) is 1. The van der Waals surface area contributed by atoms with Crippen molar-refractivity contribution in [3.05, 3.63) is 94.5 Å². The van der Waals surface area contributed by atoms with E-state index >= 15 is 0 Å². The van der Waals surface area contributed by atoms with Gasteiger partial charge in [0.05, 0.1) is 10.6 Å². The molecule has 2 amide bonds. The van der Waals surface area contributed by atoms with E-state index in [0.29, 0.717) is 22.7 Å². The van der Waals surface area contributed by atoms with Crippen molar-refractivity contribution >= 4 is 39.1 Å². The molecule has 1 N–H and O–H groups in total. The molecule has 0 heterocycles. The third-order valence-corrected chi connectivity index (χ3v) is 9.08. The molecule has 0 bridgehead atoms. The number of benzene rings is 3. The van der Waals surface area contributed by atoms with E-state index in [1.807, 2.05) is 58.0 Å². The molecule has 40 heavy (non-hydrogen) atoms. The maximum atomic E-state index is 14.2. The summed E-state index contributed by atoms with van der Waals surface area (Å²) in [5, 5.41) is 3.40. The number of carbonyl (C=O) groups excluding carboxylic acids is 2. The molecule has 7 nitrogen and oxygen atoms in total. The minimum atomic E-state index is -4.15. The van der Waals surface area contributed by atoms with Crippen LogP contribution in [0.2, 0.25) is 5.02 Å². The molecule has 214 valence electrons. The zero-order valence-corrected chi connectivity index (χ0v) is 25.3. The Kier molecular flexibility index (Phi) is 10.8. The van der Waals surface area contributed by atoms with Crippen molar-refractivity contribution in [3.63, 3.8) is 0 Å². The van der Waals surface area contributed by atoms with Crippen LogP contribution in [0.5, 0.6) is 0 Å². The van der Waals surface area contributed by atoms with E-state index in [0.717, 1.165) is 21.9 Å². The Morgan fingerprint density at radius 3 is 2.05 bits per heavy atom. The summed E-state index contributed by atoms with van der Waals surface area (Å²) >= 11 is 6.02. The molecule has 3 aromatic rings. The van der Waals surface area contributed by atoms with E-state index in [-0.39, 0.29) is 23.4 Å². The fourth-order valence-electron chi connectivity index (χ4n) is 4.42. The average molecular weight is 584 g/mol. The van der Waals surface area contributed by atoms with Crippen LogP contribution >= 0.6 is 11.6 Å². The number of para-hydroxylation sites is 1. The Labute approximate surface area is 243 Å². The molecule has 0 radical (unpaired) electrons. The molecule has 0 saturated carbocycles. The predicted octanol–water partition coefficient (Wildman–Crippen LogP) is 5.87. The van der Waals surface area contributed by atoms with E-state index in [1.165, 1.54) is 29.2 Å². The molecule has 0 spiro atoms. The lowest BCUT2D eigenvalue weighted by Crippen LogP contribution is -2.53. The van der Waals surface area contributed by atoms with Gasteiger partial charge in [-0.3, -0.25) is 13.9 Å². The Bertz CT molecular complexity index is 1430. The first kappa shape index (κ1) is 31.2. The Balaban J connectivity index is 2.08. The molecule has 0 aliphatic carbocycles. The van der Waals surface area contributed by atoms with Gasteiger partial charge in [0.1, 0.15) is 12.6 Å². The highest BCUT2D eigenvalue weighted by atomic mass is 35.5. The second-order valence-electron chi connectivity index (χ2n) is 9.94. The van der Waals surface area contributed by atoms with Crippen LogP contribution in [0.1, 0.15) is 50.3 Å². The van der Waals surface area contributed by atoms with Gasteiger partial charge in [-0.2, -0.15) is 0 Å². The summed E-state index contributed by atoms with van der Waals surface area (Å²) in [5.74, 6) is -0.739. The molecule has 0 fully saturated rings. The lowest BCUT2D eigenvalue weighted by Gasteiger charge is -2.34. The fraction of sp³-hybridized carbons (Fsp3) is 0.355. The first-order valence-electron chi connectivity index (χ1n) is 13.5. The van der Waals surface area contributed by atoms with Crippen LogP contribution in [0.3, 0.4) is 0 Å². The fourth-order valence-corrected chi connectivity index (χ4v) is 6.03. The van der Waals surface area contributed by atoms with Crippen molar-refractivity contribution in [3.8, 4) is 0 Å². The first-order valence-corrected chi connectivity index (χ1v) is 15.3. The summed E-state index contributed by atoms with van der Waals surface area (Å²) in [6.45, 7) is 9.17. The van der Waals surface area contributed by atoms with E-state index < -0.39 is 28.5 Å². The number of aryl methyl sites for hydroxylation is 2. The molecular formula is C31H38ClN3O4S. The van der Waals surface area contributed by atoms with Gasteiger partial charge >= 0.3 is 0 Å². The van der Waals surface area contributed by atoms with Crippen LogP contribution in [0.25, 0.3) is 0 Å². The van der Waals surface area contributed by atoms with E-state index in [9.17, 15) is 18.0 Å². The molecule has 0 aliphatic rings. The average Bonchev–Trinajstić information content (AvgIpc) is 2.93. The standard InChI is InChI=1S/C31H38ClN3O4S/c1-6-24(5)33-31(37)28(7-2)34(20-25-14-10-8-12-22(25)3)30(36)21-35(29-15-11-9-13-23(29)4)40(38,39)27-18-16-26(32)17-19-27/h8-19,24,28H,6-7,20-21H2,1-5H3,(H,33,37). The van der Waals surface area contributed by atoms with Gasteiger partial charge < -0.3 is 10.2 Å². The summed E-state index contributed by atoms with van der Waals surface area (Å²) < 4.78 is 29.0. The monoisotopic (exact) mass is 583 g/mol. The number of carbonyl (C=O) groups is 2. The maximum Gasteiger partial charge on any atom is 0.264 e. The maximum absolute atomic E-state index is 14.2. The molecule has 0 aliphatic heterocycles. The number of anilines is 1. The Morgan fingerprint density at radius 2 is 1.48 bits per heavy atom. The van der Waals surface area contributed by atoms with Crippen molar-refractivity contribution < 1.29 is 18.0 Å². The largest absolute Gasteiger partial charge is 0.352 e. The number of nitrogens with zero attached hydrogens (tertiary/aromatic N) is 2. The van der Waals surface area contributed by atoms with Crippen LogP contribution in [0, 0.1) is 13.8 Å². The SMILES string of the molecule is CCC(C)NC(=O)C(CC)N(Cc1ccccc1C)C(=O)CN(c1ccccc1C)S(=O)(=O)c1ccc(Cl)cc1. The number of halogens is 1. The summed E-state index contributed by atoms with van der Waals surface area (Å²) in [6.07, 6.45) is 1.11. The van der Waals surface area contributed by atoms with Crippen LogP contribution in [0.15, 0.2) is 77.7 Å². The topological polar surface area (TPSA) is 86.8 Å². The van der Waals surface area contributed by atoms with Gasteiger partial charge in [-0.25, -0.2) is 8.42 Å². The predicted molar refractivity (Wildman–Crippen MR) is 161 cm³/mol. The van der Waals surface area contributed by atoms with Crippen molar-refractivity contribution in [2.45, 2.75) is 71.0 Å². The first-order chi connectivity index (χ1) is 19.0. The van der Waals surface area contributed by atoms with Crippen LogP contribution in [-0.4, -0.2) is 43.8 Å². The number of hydrogen-bond donors (Lipinski definition) is 1. The number of rotatable bonds is 12. The highest BCUT2D eigenvalue weighted by molar-refractivity contribution is 7.92. The summed E-state index contributed by atoms with van der Waals surface area (Å²) in [7, 11) is -4.15. The quantitative estimate of drug-likeness (QED) is 0.289. The lowest BCUT2D eigenvalue weighted by atomic mass is 10.1. The Hall–Kier alpha value is -3.36. The highest BCUT2D eigenvalue weighted by Gasteiger charge is 2.34. The normalized spacial score (nSPS) is 12.8. The van der Waals surface area contributed by atoms with Crippen molar-refractivity contribution in [2.24, 2.45) is 0 Å². The zero-order chi connectivity index (χ0) is 29.4. The minimum absolute atomic E-state index is 0.0139. The van der Waals surface area contributed by atoms with Gasteiger partial charge in [-0.05, 0) is 80.6 Å². The Morgan fingerprint density at radius 1 is 0.875 bits per heavy atom. The van der Waals surface area contributed by atoms with E-state index in [1.54, 1.807) is 25.1 Å². The van der Waals surface area contributed by atoms with Gasteiger partial charge in [-0.1, -0.05) is 67.9 Å². The van der Waals surface area contributed by atoms with Crippen molar-refractivity contribution in [1.29, 1.82) is 0 Å². The van der Waals surface area contributed by atoms with Gasteiger partial charge in [0.2, 0.25) is 11.8 Å². The zero-order valence-electron chi connectivity index (χ0n) is 23.7. The second kappa shape index (κ2) is 13.8. The van der Waals surface area contributed by atoms with Crippen LogP contribution in [-0.2, 0) is 26.2 Å². The van der Waals surface area contributed by atoms with E-state index in [4.69, 9.17) is 11.6 Å². The number of hydrogen-bond acceptors (Lipinski definition) is 4. The molecule has 0 aromatic heterocycles. The smallest absolute Gasteiger partial charge is 0.264 e. The number of amides is 2. The summed E-state index contributed by atoms with van der Waals surface area (Å²) in [4.78, 5) is 29.1. The highest BCUT2D eigenvalue weighted by Crippen LogP contribution is 2.28.